The van der Waals surface area contributed by atoms with Gasteiger partial charge in [-0.25, -0.2) is 0 Å². The number of aliphatic carboxylic acids is 2. The maximum absolute atomic E-state index is 13.1. The van der Waals surface area contributed by atoms with Gasteiger partial charge in [0, 0.05) is 69.3 Å². The van der Waals surface area contributed by atoms with E-state index in [1.807, 2.05) is 6.92 Å². The van der Waals surface area contributed by atoms with E-state index in [9.17, 15) is 29.4 Å². The van der Waals surface area contributed by atoms with Crippen molar-refractivity contribution >= 4 is 55.8 Å². The zero-order valence-electron chi connectivity index (χ0n) is 26.7. The lowest BCUT2D eigenvalue weighted by atomic mass is 9.97. The van der Waals surface area contributed by atoms with Crippen LogP contribution in [0.25, 0.3) is 43.9 Å². The molecular formula is C36H33N5O8. The third-order valence-corrected chi connectivity index (χ3v) is 9.09. The van der Waals surface area contributed by atoms with Crippen LogP contribution >= 0.6 is 0 Å². The number of rotatable bonds is 9. The van der Waals surface area contributed by atoms with Crippen molar-refractivity contribution in [1.82, 2.24) is 24.7 Å². The van der Waals surface area contributed by atoms with Crippen LogP contribution in [-0.2, 0) is 22.7 Å². The van der Waals surface area contributed by atoms with Crippen molar-refractivity contribution in [2.24, 2.45) is 0 Å². The molecule has 0 radical (unpaired) electrons. The summed E-state index contributed by atoms with van der Waals surface area (Å²) >= 11 is 0. The minimum absolute atomic E-state index is 0.165. The van der Waals surface area contributed by atoms with Crippen LogP contribution in [-0.4, -0.2) is 91.6 Å². The number of carboxylic acid groups (broad SMARTS) is 2. The minimum Gasteiger partial charge on any atom is -0.480 e. The lowest BCUT2D eigenvalue weighted by molar-refractivity contribution is -0.145. The first-order valence-electron chi connectivity index (χ1n) is 15.8. The molecule has 5 heterocycles. The number of carbonyl (C=O) groups is 2. The maximum Gasteiger partial charge on any atom is 0.317 e. The van der Waals surface area contributed by atoms with Crippen LogP contribution in [0.2, 0.25) is 0 Å². The van der Waals surface area contributed by atoms with Gasteiger partial charge in [-0.05, 0) is 31.2 Å². The largest absolute Gasteiger partial charge is 0.480 e. The molecule has 1 aliphatic heterocycles. The average Bonchev–Trinajstić information content (AvgIpc) is 3.22. The van der Waals surface area contributed by atoms with Gasteiger partial charge in [0.15, 0.2) is 0 Å². The topological polar surface area (TPSA) is 171 Å². The van der Waals surface area contributed by atoms with E-state index in [4.69, 9.17) is 8.83 Å². The Hall–Kier alpha value is -5.50. The summed E-state index contributed by atoms with van der Waals surface area (Å²) in [6, 6.07) is 17.5. The summed E-state index contributed by atoms with van der Waals surface area (Å²) in [5.41, 5.74) is 1.80. The van der Waals surface area contributed by atoms with Gasteiger partial charge in [0.1, 0.15) is 22.3 Å². The Balaban J connectivity index is 1.20. The van der Waals surface area contributed by atoms with E-state index in [0.29, 0.717) is 94.5 Å². The monoisotopic (exact) mass is 663 g/mol. The van der Waals surface area contributed by atoms with Crippen molar-refractivity contribution in [2.75, 3.05) is 39.3 Å². The number of hydrogen-bond donors (Lipinski definition) is 2. The third-order valence-electron chi connectivity index (χ3n) is 9.09. The Morgan fingerprint density at radius 3 is 1.57 bits per heavy atom. The molecule has 250 valence electrons. The van der Waals surface area contributed by atoms with Crippen molar-refractivity contribution < 1.29 is 28.6 Å². The van der Waals surface area contributed by atoms with E-state index in [1.165, 1.54) is 17.3 Å². The lowest BCUT2D eigenvalue weighted by Gasteiger charge is -2.42. The van der Waals surface area contributed by atoms with Gasteiger partial charge in [0.2, 0.25) is 10.9 Å². The van der Waals surface area contributed by atoms with Crippen LogP contribution in [0.5, 0.6) is 0 Å². The number of carboxylic acids is 2. The second kappa shape index (κ2) is 12.8. The SMILES string of the molecule is CC1(N(CC(=O)O)CC(=O)O)CN(Cc2cc3oc4ccccc4c(=O)c3cn2)CCN(Cc2cc3oc4ccccc4c(=O)c3cn2)C1. The Labute approximate surface area is 278 Å². The average molecular weight is 664 g/mol. The van der Waals surface area contributed by atoms with E-state index >= 15 is 0 Å². The van der Waals surface area contributed by atoms with Gasteiger partial charge in [0.05, 0.1) is 46.0 Å². The van der Waals surface area contributed by atoms with E-state index < -0.39 is 30.6 Å². The fourth-order valence-corrected chi connectivity index (χ4v) is 6.80. The number of para-hydroxylation sites is 2. The predicted octanol–water partition coefficient (Wildman–Crippen LogP) is 3.54. The van der Waals surface area contributed by atoms with Gasteiger partial charge in [-0.15, -0.1) is 0 Å². The fraction of sp³-hybridized carbons (Fsp3) is 0.278. The fourth-order valence-electron chi connectivity index (χ4n) is 6.80. The van der Waals surface area contributed by atoms with E-state index in [1.54, 1.807) is 60.7 Å². The minimum atomic E-state index is -1.14. The highest BCUT2D eigenvalue weighted by atomic mass is 16.4. The van der Waals surface area contributed by atoms with Crippen molar-refractivity contribution in [3.05, 3.63) is 105 Å². The van der Waals surface area contributed by atoms with Crippen molar-refractivity contribution in [3.63, 3.8) is 0 Å². The first-order valence-corrected chi connectivity index (χ1v) is 15.8. The Morgan fingerprint density at radius 2 is 1.14 bits per heavy atom. The molecule has 6 aromatic rings. The molecule has 7 rings (SSSR count). The molecule has 0 atom stereocenters. The zero-order chi connectivity index (χ0) is 34.3. The molecule has 2 N–H and O–H groups in total. The number of nitrogens with zero attached hydrogens (tertiary/aromatic N) is 5. The molecule has 0 amide bonds. The Bertz CT molecular complexity index is 2210. The highest BCUT2D eigenvalue weighted by molar-refractivity contribution is 5.90. The van der Waals surface area contributed by atoms with Crippen molar-refractivity contribution in [2.45, 2.75) is 25.6 Å². The van der Waals surface area contributed by atoms with E-state index in [2.05, 4.69) is 19.8 Å². The summed E-state index contributed by atoms with van der Waals surface area (Å²) in [6.45, 7) is 3.35. The van der Waals surface area contributed by atoms with Crippen LogP contribution in [0.3, 0.4) is 0 Å². The summed E-state index contributed by atoms with van der Waals surface area (Å²) in [4.78, 5) is 64.8. The number of pyridine rings is 2. The Kier molecular flexibility index (Phi) is 8.40. The van der Waals surface area contributed by atoms with Crippen LogP contribution in [0.4, 0.5) is 0 Å². The smallest absolute Gasteiger partial charge is 0.317 e. The normalized spacial score (nSPS) is 15.7. The molecule has 0 saturated carbocycles. The lowest BCUT2D eigenvalue weighted by Crippen LogP contribution is -2.59. The second-order valence-corrected chi connectivity index (χ2v) is 12.8. The van der Waals surface area contributed by atoms with E-state index in [0.717, 1.165) is 0 Å². The predicted molar refractivity (Wildman–Crippen MR) is 181 cm³/mol. The second-order valence-electron chi connectivity index (χ2n) is 12.8. The van der Waals surface area contributed by atoms with Gasteiger partial charge in [-0.2, -0.15) is 0 Å². The maximum atomic E-state index is 13.1. The standard InChI is InChI=1S/C36H33N5O8/c1-36(41(18-32(42)43)19-33(44)45)20-39(16-22-12-30-26(14-37-22)34(46)24-6-2-4-8-28(24)48-30)10-11-40(21-36)17-23-13-31-27(15-38-23)35(47)25-7-3-5-9-29(25)49-31/h2-9,12-15H,10-11,16-21H2,1H3,(H,42,43)(H,44,45). The third kappa shape index (κ3) is 6.51. The molecule has 4 aromatic heterocycles. The molecule has 0 aliphatic carbocycles. The Morgan fingerprint density at radius 1 is 0.714 bits per heavy atom. The molecule has 1 fully saturated rings. The number of hydrogen-bond acceptors (Lipinski definition) is 11. The molecule has 0 unspecified atom stereocenters. The summed E-state index contributed by atoms with van der Waals surface area (Å²) < 4.78 is 12.1. The molecular weight excluding hydrogens is 630 g/mol. The molecule has 49 heavy (non-hydrogen) atoms. The van der Waals surface area contributed by atoms with E-state index in [-0.39, 0.29) is 10.9 Å². The molecule has 2 aromatic carbocycles. The van der Waals surface area contributed by atoms with Gasteiger partial charge in [-0.1, -0.05) is 24.3 Å². The highest BCUT2D eigenvalue weighted by Crippen LogP contribution is 2.26. The summed E-state index contributed by atoms with van der Waals surface area (Å²) in [6.07, 6.45) is 3.03. The first kappa shape index (κ1) is 32.1. The number of fused-ring (bicyclic) bond motifs is 4. The van der Waals surface area contributed by atoms with Gasteiger partial charge >= 0.3 is 11.9 Å². The molecule has 1 saturated heterocycles. The van der Waals surface area contributed by atoms with Crippen LogP contribution in [0.15, 0.2) is 91.5 Å². The summed E-state index contributed by atoms with van der Waals surface area (Å²) in [7, 11) is 0. The summed E-state index contributed by atoms with van der Waals surface area (Å²) in [5.74, 6) is -2.27. The summed E-state index contributed by atoms with van der Waals surface area (Å²) in [5, 5.41) is 21.2. The number of aromatic nitrogens is 2. The molecule has 0 bridgehead atoms. The quantitative estimate of drug-likeness (QED) is 0.216. The van der Waals surface area contributed by atoms with Gasteiger partial charge in [0.25, 0.3) is 0 Å². The van der Waals surface area contributed by atoms with Gasteiger partial charge < -0.3 is 19.0 Å². The van der Waals surface area contributed by atoms with Crippen LogP contribution < -0.4 is 10.9 Å². The van der Waals surface area contributed by atoms with Crippen molar-refractivity contribution in [1.29, 1.82) is 0 Å². The molecule has 0 spiro atoms. The first-order chi connectivity index (χ1) is 23.6. The van der Waals surface area contributed by atoms with Crippen LogP contribution in [0, 0.1) is 0 Å². The molecule has 13 heteroatoms. The zero-order valence-corrected chi connectivity index (χ0v) is 26.7. The highest BCUT2D eigenvalue weighted by Gasteiger charge is 2.40. The van der Waals surface area contributed by atoms with Crippen molar-refractivity contribution in [3.8, 4) is 0 Å². The number of benzene rings is 2. The molecule has 1 aliphatic rings. The van der Waals surface area contributed by atoms with Crippen LogP contribution in [0.1, 0.15) is 18.3 Å². The van der Waals surface area contributed by atoms with Gasteiger partial charge in [-0.3, -0.25) is 43.8 Å². The molecule has 13 nitrogen and oxygen atoms in total.